The summed E-state index contributed by atoms with van der Waals surface area (Å²) in [6.07, 6.45) is 1.56. The number of nitrogens with zero attached hydrogens (tertiary/aromatic N) is 3. The Bertz CT molecular complexity index is 1110. The maximum Gasteiger partial charge on any atom is 0.330 e. The number of hydrogen-bond acceptors (Lipinski definition) is 4. The Morgan fingerprint density at radius 3 is 2.38 bits per heavy atom. The Morgan fingerprint density at radius 2 is 1.77 bits per heavy atom. The third-order valence-electron chi connectivity index (χ3n) is 4.23. The van der Waals surface area contributed by atoms with Gasteiger partial charge in [-0.05, 0) is 36.8 Å². The molecule has 0 fully saturated rings. The van der Waals surface area contributed by atoms with Gasteiger partial charge >= 0.3 is 11.7 Å². The van der Waals surface area contributed by atoms with E-state index in [2.05, 4.69) is 0 Å². The number of carbonyl (C=O) groups is 1. The molecule has 2 aromatic heterocycles. The lowest BCUT2D eigenvalue weighted by Crippen LogP contribution is -2.36. The van der Waals surface area contributed by atoms with E-state index in [9.17, 15) is 18.8 Å². The lowest BCUT2D eigenvalue weighted by molar-refractivity contribution is -0.143. The van der Waals surface area contributed by atoms with E-state index in [4.69, 9.17) is 4.74 Å². The molecule has 0 saturated heterocycles. The molecule has 3 rings (SSSR count). The molecule has 7 nitrogen and oxygen atoms in total. The Labute approximate surface area is 147 Å². The first-order valence-corrected chi connectivity index (χ1v) is 8.05. The summed E-state index contributed by atoms with van der Waals surface area (Å²) in [5, 5.41) is 0.283. The molecule has 0 atom stereocenters. The van der Waals surface area contributed by atoms with Gasteiger partial charge in [0.25, 0.3) is 5.56 Å². The number of halogens is 1. The molecule has 0 unspecified atom stereocenters. The highest BCUT2D eigenvalue weighted by molar-refractivity contribution is 5.94. The first-order valence-electron chi connectivity index (χ1n) is 8.05. The van der Waals surface area contributed by atoms with Crippen LogP contribution in [0, 0.1) is 5.82 Å². The Morgan fingerprint density at radius 1 is 1.12 bits per heavy atom. The van der Waals surface area contributed by atoms with Crippen molar-refractivity contribution < 1.29 is 13.9 Å². The van der Waals surface area contributed by atoms with Crippen LogP contribution in [0.4, 0.5) is 4.39 Å². The van der Waals surface area contributed by atoms with E-state index in [0.717, 1.165) is 4.57 Å². The number of ether oxygens (including phenoxy) is 1. The summed E-state index contributed by atoms with van der Waals surface area (Å²) >= 11 is 0. The van der Waals surface area contributed by atoms with Crippen LogP contribution in [0.25, 0.3) is 22.2 Å². The maximum absolute atomic E-state index is 13.3. The normalized spacial score (nSPS) is 11.1. The van der Waals surface area contributed by atoms with Crippen molar-refractivity contribution in [3.8, 4) is 11.3 Å². The minimum absolute atomic E-state index is 0.132. The van der Waals surface area contributed by atoms with E-state index >= 15 is 0 Å². The zero-order valence-electron chi connectivity index (χ0n) is 14.7. The fourth-order valence-electron chi connectivity index (χ4n) is 2.98. The van der Waals surface area contributed by atoms with E-state index in [1.807, 2.05) is 0 Å². The van der Waals surface area contributed by atoms with E-state index in [1.165, 1.54) is 35.9 Å². The standard InChI is InChI=1S/C18H18FN3O4/c1-4-26-14(23)10-22-9-13-15(17(24)21(3)18(25)20(13)2)16(22)11-5-7-12(19)8-6-11/h5-9H,4,10H2,1-3H3. The molecule has 0 spiro atoms. The zero-order valence-corrected chi connectivity index (χ0v) is 14.7. The van der Waals surface area contributed by atoms with Gasteiger partial charge < -0.3 is 9.30 Å². The molecule has 0 aliphatic carbocycles. The van der Waals surface area contributed by atoms with Crippen LogP contribution < -0.4 is 11.2 Å². The fraction of sp³-hybridized carbons (Fsp3) is 0.278. The summed E-state index contributed by atoms with van der Waals surface area (Å²) in [7, 11) is 2.94. The lowest BCUT2D eigenvalue weighted by Gasteiger charge is -2.09. The molecule has 0 radical (unpaired) electrons. The van der Waals surface area contributed by atoms with Crippen molar-refractivity contribution in [1.82, 2.24) is 13.7 Å². The average Bonchev–Trinajstić information content (AvgIpc) is 2.98. The molecule has 1 aromatic carbocycles. The van der Waals surface area contributed by atoms with Crippen LogP contribution in [0.2, 0.25) is 0 Å². The van der Waals surface area contributed by atoms with E-state index < -0.39 is 23.0 Å². The number of hydrogen-bond donors (Lipinski definition) is 0. The van der Waals surface area contributed by atoms with E-state index in [-0.39, 0.29) is 18.5 Å². The second-order valence-corrected chi connectivity index (χ2v) is 5.88. The van der Waals surface area contributed by atoms with Gasteiger partial charge in [0.1, 0.15) is 12.4 Å². The second kappa shape index (κ2) is 6.62. The van der Waals surface area contributed by atoms with Crippen LogP contribution >= 0.6 is 0 Å². The van der Waals surface area contributed by atoms with Crippen molar-refractivity contribution in [1.29, 1.82) is 0 Å². The minimum atomic E-state index is -0.481. The fourth-order valence-corrected chi connectivity index (χ4v) is 2.98. The van der Waals surface area contributed by atoms with Crippen LogP contribution in [-0.2, 0) is 30.2 Å². The minimum Gasteiger partial charge on any atom is -0.465 e. The third kappa shape index (κ3) is 2.83. The van der Waals surface area contributed by atoms with Crippen molar-refractivity contribution in [2.24, 2.45) is 14.1 Å². The van der Waals surface area contributed by atoms with E-state index in [0.29, 0.717) is 16.8 Å². The second-order valence-electron chi connectivity index (χ2n) is 5.88. The number of aryl methyl sites for hydroxylation is 1. The highest BCUT2D eigenvalue weighted by atomic mass is 19.1. The molecular formula is C18H18FN3O4. The van der Waals surface area contributed by atoms with Crippen molar-refractivity contribution >= 4 is 16.9 Å². The quantitative estimate of drug-likeness (QED) is 0.660. The molecule has 8 heteroatoms. The van der Waals surface area contributed by atoms with Gasteiger partial charge in [-0.15, -0.1) is 0 Å². The average molecular weight is 359 g/mol. The summed E-state index contributed by atoms with van der Waals surface area (Å²) in [4.78, 5) is 36.9. The summed E-state index contributed by atoms with van der Waals surface area (Å²) in [6.45, 7) is 1.79. The van der Waals surface area contributed by atoms with Gasteiger partial charge in [-0.2, -0.15) is 0 Å². The molecule has 26 heavy (non-hydrogen) atoms. The first kappa shape index (κ1) is 17.7. The van der Waals surface area contributed by atoms with Crippen molar-refractivity contribution in [3.63, 3.8) is 0 Å². The van der Waals surface area contributed by atoms with Crippen molar-refractivity contribution in [2.75, 3.05) is 6.61 Å². The van der Waals surface area contributed by atoms with Crippen molar-refractivity contribution in [3.05, 3.63) is 57.1 Å². The van der Waals surface area contributed by atoms with Gasteiger partial charge in [-0.25, -0.2) is 9.18 Å². The SMILES string of the molecule is CCOC(=O)Cn1cc2c(c1-c1ccc(F)cc1)c(=O)n(C)c(=O)n2C. The predicted octanol–water partition coefficient (Wildman–Crippen LogP) is 1.41. The molecule has 0 N–H and O–H groups in total. The first-order chi connectivity index (χ1) is 12.3. The van der Waals surface area contributed by atoms with Gasteiger partial charge in [0.05, 0.1) is 23.2 Å². The van der Waals surface area contributed by atoms with Gasteiger partial charge in [-0.1, -0.05) is 0 Å². The van der Waals surface area contributed by atoms with Crippen LogP contribution in [0.1, 0.15) is 6.92 Å². The zero-order chi connectivity index (χ0) is 19.0. The number of carbonyl (C=O) groups excluding carboxylic acids is 1. The highest BCUT2D eigenvalue weighted by Gasteiger charge is 2.20. The summed E-state index contributed by atoms with van der Waals surface area (Å²) in [6, 6.07) is 5.59. The monoisotopic (exact) mass is 359 g/mol. The Kier molecular flexibility index (Phi) is 4.50. The summed E-state index contributed by atoms with van der Waals surface area (Å²) in [5.41, 5.74) is 0.430. The van der Waals surface area contributed by atoms with Gasteiger partial charge in [-0.3, -0.25) is 18.7 Å². The third-order valence-corrected chi connectivity index (χ3v) is 4.23. The van der Waals surface area contributed by atoms with Crippen LogP contribution in [0.3, 0.4) is 0 Å². The van der Waals surface area contributed by atoms with E-state index in [1.54, 1.807) is 24.7 Å². The number of aromatic nitrogens is 3. The van der Waals surface area contributed by atoms with Gasteiger partial charge in [0, 0.05) is 20.3 Å². The van der Waals surface area contributed by atoms with Crippen molar-refractivity contribution in [2.45, 2.75) is 13.5 Å². The van der Waals surface area contributed by atoms with Crippen LogP contribution in [0.15, 0.2) is 40.1 Å². The largest absolute Gasteiger partial charge is 0.465 e. The molecule has 3 aromatic rings. The molecule has 0 bridgehead atoms. The molecule has 136 valence electrons. The molecule has 2 heterocycles. The van der Waals surface area contributed by atoms with Crippen LogP contribution in [0.5, 0.6) is 0 Å². The number of esters is 1. The van der Waals surface area contributed by atoms with Crippen LogP contribution in [-0.4, -0.2) is 26.3 Å². The smallest absolute Gasteiger partial charge is 0.330 e. The van der Waals surface area contributed by atoms with Gasteiger partial charge in [0.2, 0.25) is 0 Å². The maximum atomic E-state index is 13.3. The number of benzene rings is 1. The number of rotatable bonds is 4. The molecule has 0 amide bonds. The Balaban J connectivity index is 2.37. The predicted molar refractivity (Wildman–Crippen MR) is 94.4 cm³/mol. The highest BCUT2D eigenvalue weighted by Crippen LogP contribution is 2.28. The molecule has 0 saturated carbocycles. The topological polar surface area (TPSA) is 75.2 Å². The lowest BCUT2D eigenvalue weighted by atomic mass is 10.1. The molecular weight excluding hydrogens is 341 g/mol. The number of fused-ring (bicyclic) bond motifs is 1. The molecule has 0 aliphatic rings. The Hall–Kier alpha value is -3.16. The molecule has 0 aliphatic heterocycles. The summed E-state index contributed by atoms with van der Waals surface area (Å²) < 4.78 is 22.2. The summed E-state index contributed by atoms with van der Waals surface area (Å²) in [5.74, 6) is -0.889. The van der Waals surface area contributed by atoms with Gasteiger partial charge in [0.15, 0.2) is 0 Å².